The second-order valence-corrected chi connectivity index (χ2v) is 5.03. The number of hydrogen-bond acceptors (Lipinski definition) is 5. The third kappa shape index (κ3) is 3.15. The molecule has 0 bridgehead atoms. The number of rotatable bonds is 5. The lowest BCUT2D eigenvalue weighted by molar-refractivity contribution is 0.170. The molecule has 3 rings (SSSR count). The lowest BCUT2D eigenvalue weighted by Gasteiger charge is -2.13. The van der Waals surface area contributed by atoms with Crippen LogP contribution in [0.2, 0.25) is 0 Å². The fourth-order valence-corrected chi connectivity index (χ4v) is 2.27. The Morgan fingerprint density at radius 1 is 1.29 bits per heavy atom. The first-order chi connectivity index (χ1) is 10.2. The van der Waals surface area contributed by atoms with Gasteiger partial charge >= 0.3 is 0 Å². The number of ether oxygens (including phenoxy) is 2. The molecule has 5 nitrogen and oxygen atoms in total. The first-order valence-electron chi connectivity index (χ1n) is 6.93. The summed E-state index contributed by atoms with van der Waals surface area (Å²) in [6.45, 7) is 3.36. The second-order valence-electron chi connectivity index (χ2n) is 5.03. The summed E-state index contributed by atoms with van der Waals surface area (Å²) < 4.78 is 10.6. The van der Waals surface area contributed by atoms with Crippen LogP contribution in [0.1, 0.15) is 22.9 Å². The highest BCUT2D eigenvalue weighted by Crippen LogP contribution is 2.34. The third-order valence-corrected chi connectivity index (χ3v) is 3.53. The summed E-state index contributed by atoms with van der Waals surface area (Å²) in [5.74, 6) is 1.41. The quantitative estimate of drug-likeness (QED) is 0.879. The maximum Gasteiger partial charge on any atom is 0.231 e. The molecule has 2 heterocycles. The van der Waals surface area contributed by atoms with Crippen LogP contribution in [-0.4, -0.2) is 23.4 Å². The Bertz CT molecular complexity index is 631. The van der Waals surface area contributed by atoms with Crippen LogP contribution in [0.15, 0.2) is 36.5 Å². The third-order valence-electron chi connectivity index (χ3n) is 3.53. The Morgan fingerprint density at radius 3 is 3.00 bits per heavy atom. The van der Waals surface area contributed by atoms with Gasteiger partial charge in [0, 0.05) is 19.3 Å². The van der Waals surface area contributed by atoms with Crippen LogP contribution < -0.4 is 14.8 Å². The standard InChI is InChI=1S/C16H18N2O3/c1-11-3-2-6-18-13(11)8-17-9-14(19)12-4-5-15-16(7-12)21-10-20-15/h2-7,14,17,19H,8-10H2,1H3. The molecule has 1 atom stereocenters. The van der Waals surface area contributed by atoms with Crippen LogP contribution >= 0.6 is 0 Å². The molecule has 0 saturated heterocycles. The van der Waals surface area contributed by atoms with Crippen LogP contribution in [0, 0.1) is 6.92 Å². The summed E-state index contributed by atoms with van der Waals surface area (Å²) in [5.41, 5.74) is 2.95. The van der Waals surface area contributed by atoms with Crippen molar-refractivity contribution in [3.05, 3.63) is 53.3 Å². The van der Waals surface area contributed by atoms with E-state index in [4.69, 9.17) is 9.47 Å². The number of hydrogen-bond donors (Lipinski definition) is 2. The van der Waals surface area contributed by atoms with Crippen LogP contribution in [0.5, 0.6) is 11.5 Å². The molecule has 1 aromatic heterocycles. The van der Waals surface area contributed by atoms with Crippen molar-refractivity contribution in [2.75, 3.05) is 13.3 Å². The van der Waals surface area contributed by atoms with Gasteiger partial charge in [0.1, 0.15) is 0 Å². The number of nitrogens with one attached hydrogen (secondary N) is 1. The number of nitrogens with zero attached hydrogens (tertiary/aromatic N) is 1. The Balaban J connectivity index is 1.57. The molecule has 1 unspecified atom stereocenters. The first kappa shape index (κ1) is 13.9. The zero-order valence-electron chi connectivity index (χ0n) is 11.9. The minimum absolute atomic E-state index is 0.242. The SMILES string of the molecule is Cc1cccnc1CNCC(O)c1ccc2c(c1)OCO2. The van der Waals surface area contributed by atoms with E-state index in [1.807, 2.05) is 37.3 Å². The van der Waals surface area contributed by atoms with Gasteiger partial charge in [-0.2, -0.15) is 0 Å². The van der Waals surface area contributed by atoms with E-state index in [1.165, 1.54) is 0 Å². The predicted molar refractivity (Wildman–Crippen MR) is 78.2 cm³/mol. The van der Waals surface area contributed by atoms with Crippen LogP contribution in [0.25, 0.3) is 0 Å². The Kier molecular flexibility index (Phi) is 4.03. The summed E-state index contributed by atoms with van der Waals surface area (Å²) in [7, 11) is 0. The number of aliphatic hydroxyl groups is 1. The lowest BCUT2D eigenvalue weighted by Crippen LogP contribution is -2.22. The fourth-order valence-electron chi connectivity index (χ4n) is 2.27. The average Bonchev–Trinajstić information content (AvgIpc) is 2.96. The van der Waals surface area contributed by atoms with Crippen LogP contribution in [0.3, 0.4) is 0 Å². The van der Waals surface area contributed by atoms with E-state index in [-0.39, 0.29) is 6.79 Å². The molecule has 1 aliphatic heterocycles. The first-order valence-corrected chi connectivity index (χ1v) is 6.93. The highest BCUT2D eigenvalue weighted by atomic mass is 16.7. The van der Waals surface area contributed by atoms with Gasteiger partial charge in [0.25, 0.3) is 0 Å². The zero-order chi connectivity index (χ0) is 14.7. The minimum atomic E-state index is -0.594. The van der Waals surface area contributed by atoms with Gasteiger partial charge in [0.15, 0.2) is 11.5 Å². The predicted octanol–water partition coefficient (Wildman–Crippen LogP) is 1.94. The number of pyridine rings is 1. The molecule has 5 heteroatoms. The van der Waals surface area contributed by atoms with Gasteiger partial charge < -0.3 is 19.9 Å². The summed E-state index contributed by atoms with van der Waals surface area (Å²) in [4.78, 5) is 4.31. The van der Waals surface area contributed by atoms with E-state index in [0.717, 1.165) is 22.6 Å². The topological polar surface area (TPSA) is 63.6 Å². The molecular weight excluding hydrogens is 268 g/mol. The van der Waals surface area contributed by atoms with E-state index < -0.39 is 6.10 Å². The molecule has 110 valence electrons. The van der Waals surface area contributed by atoms with E-state index in [1.54, 1.807) is 6.20 Å². The highest BCUT2D eigenvalue weighted by molar-refractivity contribution is 5.45. The molecule has 2 N–H and O–H groups in total. The summed E-state index contributed by atoms with van der Waals surface area (Å²) in [6.07, 6.45) is 1.18. The maximum absolute atomic E-state index is 10.2. The normalized spacial score (nSPS) is 14.2. The summed E-state index contributed by atoms with van der Waals surface area (Å²) in [6, 6.07) is 9.44. The second kappa shape index (κ2) is 6.11. The molecule has 0 amide bonds. The summed E-state index contributed by atoms with van der Waals surface area (Å²) >= 11 is 0. The number of aromatic nitrogens is 1. The highest BCUT2D eigenvalue weighted by Gasteiger charge is 2.16. The molecule has 1 aromatic carbocycles. The fraction of sp³-hybridized carbons (Fsp3) is 0.312. The molecule has 0 spiro atoms. The maximum atomic E-state index is 10.2. The molecule has 21 heavy (non-hydrogen) atoms. The molecular formula is C16H18N2O3. The molecule has 0 saturated carbocycles. The zero-order valence-corrected chi connectivity index (χ0v) is 11.9. The van der Waals surface area contributed by atoms with Crippen molar-refractivity contribution in [2.24, 2.45) is 0 Å². The smallest absolute Gasteiger partial charge is 0.231 e. The Labute approximate surface area is 123 Å². The van der Waals surface area contributed by atoms with Gasteiger partial charge in [-0.15, -0.1) is 0 Å². The van der Waals surface area contributed by atoms with Crippen LogP contribution in [-0.2, 0) is 6.54 Å². The van der Waals surface area contributed by atoms with Gasteiger partial charge in [-0.25, -0.2) is 0 Å². The van der Waals surface area contributed by atoms with Crippen LogP contribution in [0.4, 0.5) is 0 Å². The molecule has 0 radical (unpaired) electrons. The van der Waals surface area contributed by atoms with Gasteiger partial charge in [0.05, 0.1) is 11.8 Å². The van der Waals surface area contributed by atoms with Crippen molar-refractivity contribution in [2.45, 2.75) is 19.6 Å². The van der Waals surface area contributed by atoms with Crippen molar-refractivity contribution in [1.82, 2.24) is 10.3 Å². The van der Waals surface area contributed by atoms with E-state index >= 15 is 0 Å². The van der Waals surface area contributed by atoms with Crippen molar-refractivity contribution in [1.29, 1.82) is 0 Å². The van der Waals surface area contributed by atoms with Gasteiger partial charge in [0.2, 0.25) is 6.79 Å². The molecule has 2 aromatic rings. The summed E-state index contributed by atoms with van der Waals surface area (Å²) in [5, 5.41) is 13.4. The van der Waals surface area contributed by atoms with Crippen molar-refractivity contribution >= 4 is 0 Å². The minimum Gasteiger partial charge on any atom is -0.454 e. The average molecular weight is 286 g/mol. The molecule has 1 aliphatic rings. The number of benzene rings is 1. The number of fused-ring (bicyclic) bond motifs is 1. The molecule has 0 fully saturated rings. The van der Waals surface area contributed by atoms with Crippen molar-refractivity contribution < 1.29 is 14.6 Å². The van der Waals surface area contributed by atoms with Crippen molar-refractivity contribution in [3.8, 4) is 11.5 Å². The number of aryl methyl sites for hydroxylation is 1. The van der Waals surface area contributed by atoms with Gasteiger partial charge in [-0.1, -0.05) is 12.1 Å². The monoisotopic (exact) mass is 286 g/mol. The van der Waals surface area contributed by atoms with Gasteiger partial charge in [-0.05, 0) is 36.2 Å². The molecule has 0 aliphatic carbocycles. The lowest BCUT2D eigenvalue weighted by atomic mass is 10.1. The van der Waals surface area contributed by atoms with Gasteiger partial charge in [-0.3, -0.25) is 4.98 Å². The largest absolute Gasteiger partial charge is 0.454 e. The Morgan fingerprint density at radius 2 is 2.14 bits per heavy atom. The van der Waals surface area contributed by atoms with E-state index in [0.29, 0.717) is 18.8 Å². The van der Waals surface area contributed by atoms with E-state index in [2.05, 4.69) is 10.3 Å². The van der Waals surface area contributed by atoms with E-state index in [9.17, 15) is 5.11 Å². The number of aliphatic hydroxyl groups excluding tert-OH is 1. The Hall–Kier alpha value is -2.11. The van der Waals surface area contributed by atoms with Crippen molar-refractivity contribution in [3.63, 3.8) is 0 Å².